The Labute approximate surface area is 156 Å². The van der Waals surface area contributed by atoms with Crippen LogP contribution in [0.25, 0.3) is 0 Å². The Morgan fingerprint density at radius 2 is 1.42 bits per heavy atom. The number of hydrogen-bond donors (Lipinski definition) is 0. The van der Waals surface area contributed by atoms with E-state index < -0.39 is 0 Å². The van der Waals surface area contributed by atoms with Crippen LogP contribution < -0.4 is 0 Å². The average molecular weight is 367 g/mol. The van der Waals surface area contributed by atoms with Crippen molar-refractivity contribution in [1.82, 2.24) is 4.90 Å². The van der Waals surface area contributed by atoms with Gasteiger partial charge in [0.2, 0.25) is 0 Å². The van der Waals surface area contributed by atoms with Crippen molar-refractivity contribution in [3.63, 3.8) is 0 Å². The average Bonchev–Trinajstić information content (AvgIpc) is 2.95. The van der Waals surface area contributed by atoms with Gasteiger partial charge in [0.25, 0.3) is 11.8 Å². The highest BCUT2D eigenvalue weighted by molar-refractivity contribution is 6.12. The molecule has 148 valence electrons. The van der Waals surface area contributed by atoms with E-state index in [2.05, 4.69) is 6.92 Å². The van der Waals surface area contributed by atoms with Gasteiger partial charge in [0.05, 0.1) is 19.8 Å². The molecule has 1 aliphatic heterocycles. The Kier molecular flexibility index (Phi) is 12.4. The maximum atomic E-state index is 11.6. The minimum atomic E-state index is -0.314. The molecule has 0 unspecified atom stereocenters. The van der Waals surface area contributed by atoms with Crippen molar-refractivity contribution in [3.05, 3.63) is 12.2 Å². The van der Waals surface area contributed by atoms with Gasteiger partial charge in [-0.1, -0.05) is 58.3 Å². The summed E-state index contributed by atoms with van der Waals surface area (Å²) in [6.45, 7) is 3.16. The molecule has 0 aromatic carbocycles. The lowest BCUT2D eigenvalue weighted by Gasteiger charge is -2.13. The fraction of sp³-hybridized carbons (Fsp3) is 0.750. The van der Waals surface area contributed by atoms with Crippen molar-refractivity contribution in [3.8, 4) is 0 Å². The van der Waals surface area contributed by atoms with Gasteiger partial charge < -0.3 is 9.47 Å². The molecule has 0 spiro atoms. The molecule has 2 amide bonds. The first-order chi connectivity index (χ1) is 12.6. The van der Waals surface area contributed by atoms with Crippen LogP contribution in [-0.4, -0.2) is 49.0 Å². The summed E-state index contributed by atoms with van der Waals surface area (Å²) >= 11 is 0. The fourth-order valence-electron chi connectivity index (χ4n) is 2.78. The maximum Gasteiger partial charge on any atom is 0.305 e. The van der Waals surface area contributed by atoms with Crippen LogP contribution in [-0.2, 0) is 23.9 Å². The molecular formula is C20H33NO5. The molecule has 0 radical (unpaired) electrons. The lowest BCUT2D eigenvalue weighted by Crippen LogP contribution is -2.33. The molecule has 0 bridgehead atoms. The molecule has 0 saturated carbocycles. The Balaban J connectivity index is 1.84. The molecule has 0 N–H and O–H groups in total. The number of carbonyl (C=O) groups excluding carboxylic acids is 3. The second-order valence-electron chi connectivity index (χ2n) is 6.57. The molecule has 1 rings (SSSR count). The Hall–Kier alpha value is -1.69. The standard InChI is InChI=1S/C20H33NO5/c1-2-3-4-5-6-7-8-9-10-11-20(24)26-17-16-25-15-14-21-18(22)12-13-19(21)23/h12-13H,2-11,14-17H2,1H3. The summed E-state index contributed by atoms with van der Waals surface area (Å²) in [4.78, 5) is 35.3. The molecular weight excluding hydrogens is 334 g/mol. The lowest BCUT2D eigenvalue weighted by atomic mass is 10.1. The number of carbonyl (C=O) groups is 3. The third-order valence-corrected chi connectivity index (χ3v) is 4.33. The van der Waals surface area contributed by atoms with E-state index in [0.29, 0.717) is 6.42 Å². The van der Waals surface area contributed by atoms with Gasteiger partial charge >= 0.3 is 5.97 Å². The number of hydrogen-bond acceptors (Lipinski definition) is 5. The van der Waals surface area contributed by atoms with E-state index in [1.165, 1.54) is 57.1 Å². The van der Waals surface area contributed by atoms with Crippen LogP contribution in [0.1, 0.15) is 71.1 Å². The predicted octanol–water partition coefficient (Wildman–Crippen LogP) is 3.39. The molecule has 1 aliphatic rings. The highest BCUT2D eigenvalue weighted by Gasteiger charge is 2.22. The summed E-state index contributed by atoms with van der Waals surface area (Å²) in [6, 6.07) is 0. The molecule has 26 heavy (non-hydrogen) atoms. The Morgan fingerprint density at radius 3 is 2.04 bits per heavy atom. The largest absolute Gasteiger partial charge is 0.463 e. The van der Waals surface area contributed by atoms with E-state index >= 15 is 0 Å². The van der Waals surface area contributed by atoms with Gasteiger partial charge in [0, 0.05) is 18.6 Å². The van der Waals surface area contributed by atoms with Crippen LogP contribution in [0.2, 0.25) is 0 Å². The van der Waals surface area contributed by atoms with E-state index in [9.17, 15) is 14.4 Å². The molecule has 0 aromatic rings. The number of amides is 2. The number of imide groups is 1. The van der Waals surface area contributed by atoms with Crippen molar-refractivity contribution < 1.29 is 23.9 Å². The molecule has 1 heterocycles. The van der Waals surface area contributed by atoms with Gasteiger partial charge in [-0.15, -0.1) is 0 Å². The molecule has 0 saturated heterocycles. The second kappa shape index (κ2) is 14.5. The van der Waals surface area contributed by atoms with Crippen molar-refractivity contribution in [2.75, 3.05) is 26.4 Å². The zero-order chi connectivity index (χ0) is 19.0. The molecule has 0 atom stereocenters. The third kappa shape index (κ3) is 10.3. The minimum Gasteiger partial charge on any atom is -0.463 e. The molecule has 0 fully saturated rings. The van der Waals surface area contributed by atoms with E-state index in [4.69, 9.17) is 9.47 Å². The number of rotatable bonds is 16. The summed E-state index contributed by atoms with van der Waals surface area (Å²) in [6.07, 6.45) is 13.9. The summed E-state index contributed by atoms with van der Waals surface area (Å²) in [5.41, 5.74) is 0. The van der Waals surface area contributed by atoms with Crippen LogP contribution in [0.15, 0.2) is 12.2 Å². The van der Waals surface area contributed by atoms with Crippen LogP contribution >= 0.6 is 0 Å². The van der Waals surface area contributed by atoms with E-state index in [1.54, 1.807) is 0 Å². The first kappa shape index (κ1) is 22.4. The fourth-order valence-corrected chi connectivity index (χ4v) is 2.78. The van der Waals surface area contributed by atoms with E-state index in [-0.39, 0.29) is 44.1 Å². The first-order valence-corrected chi connectivity index (χ1v) is 9.92. The van der Waals surface area contributed by atoms with Gasteiger partial charge in [-0.3, -0.25) is 19.3 Å². The van der Waals surface area contributed by atoms with Crippen LogP contribution in [0.4, 0.5) is 0 Å². The SMILES string of the molecule is CCCCCCCCCCCC(=O)OCCOCCN1C(=O)C=CC1=O. The topological polar surface area (TPSA) is 72.9 Å². The maximum absolute atomic E-state index is 11.6. The van der Waals surface area contributed by atoms with Crippen molar-refractivity contribution in [1.29, 1.82) is 0 Å². The number of ether oxygens (including phenoxy) is 2. The third-order valence-electron chi connectivity index (χ3n) is 4.33. The van der Waals surface area contributed by atoms with Crippen LogP contribution in [0.3, 0.4) is 0 Å². The molecule has 6 heteroatoms. The van der Waals surface area contributed by atoms with Gasteiger partial charge in [-0.05, 0) is 6.42 Å². The summed E-state index contributed by atoms with van der Waals surface area (Å²) in [5.74, 6) is -0.817. The zero-order valence-corrected chi connectivity index (χ0v) is 16.0. The van der Waals surface area contributed by atoms with Crippen molar-refractivity contribution in [2.45, 2.75) is 71.1 Å². The van der Waals surface area contributed by atoms with Crippen molar-refractivity contribution in [2.24, 2.45) is 0 Å². The number of esters is 1. The van der Waals surface area contributed by atoms with Gasteiger partial charge in [-0.25, -0.2) is 0 Å². The molecule has 6 nitrogen and oxygen atoms in total. The predicted molar refractivity (Wildman–Crippen MR) is 99.5 cm³/mol. The van der Waals surface area contributed by atoms with Gasteiger partial charge in [0.15, 0.2) is 0 Å². The van der Waals surface area contributed by atoms with Gasteiger partial charge in [-0.2, -0.15) is 0 Å². The minimum absolute atomic E-state index is 0.189. The van der Waals surface area contributed by atoms with Crippen molar-refractivity contribution >= 4 is 17.8 Å². The Morgan fingerprint density at radius 1 is 0.846 bits per heavy atom. The first-order valence-electron chi connectivity index (χ1n) is 9.92. The smallest absolute Gasteiger partial charge is 0.305 e. The summed E-state index contributed by atoms with van der Waals surface area (Å²) in [7, 11) is 0. The normalized spacial score (nSPS) is 13.7. The van der Waals surface area contributed by atoms with E-state index in [0.717, 1.165) is 17.7 Å². The highest BCUT2D eigenvalue weighted by atomic mass is 16.6. The molecule has 0 aliphatic carbocycles. The monoisotopic (exact) mass is 367 g/mol. The molecule has 0 aromatic heterocycles. The zero-order valence-electron chi connectivity index (χ0n) is 16.0. The quantitative estimate of drug-likeness (QED) is 0.237. The van der Waals surface area contributed by atoms with Gasteiger partial charge in [0.1, 0.15) is 6.61 Å². The second-order valence-corrected chi connectivity index (χ2v) is 6.57. The van der Waals surface area contributed by atoms with E-state index in [1.807, 2.05) is 0 Å². The van der Waals surface area contributed by atoms with Crippen LogP contribution in [0.5, 0.6) is 0 Å². The number of nitrogens with zero attached hydrogens (tertiary/aromatic N) is 1. The summed E-state index contributed by atoms with van der Waals surface area (Å²) < 4.78 is 10.4. The highest BCUT2D eigenvalue weighted by Crippen LogP contribution is 2.10. The Bertz CT molecular complexity index is 443. The number of unbranched alkanes of at least 4 members (excludes halogenated alkanes) is 8. The lowest BCUT2D eigenvalue weighted by molar-refractivity contribution is -0.145. The van der Waals surface area contributed by atoms with Crippen LogP contribution in [0, 0.1) is 0 Å². The summed E-state index contributed by atoms with van der Waals surface area (Å²) in [5, 5.41) is 0.